The summed E-state index contributed by atoms with van der Waals surface area (Å²) in [4.78, 5) is 4.89. The smallest absolute Gasteiger partial charge is 0.180 e. The molecule has 0 saturated carbocycles. The number of piperidine rings is 1. The van der Waals surface area contributed by atoms with Gasteiger partial charge in [-0.25, -0.2) is 0 Å². The van der Waals surface area contributed by atoms with Gasteiger partial charge in [-0.15, -0.1) is 16.9 Å². The van der Waals surface area contributed by atoms with E-state index < -0.39 is 0 Å². The summed E-state index contributed by atoms with van der Waals surface area (Å²) in [5.41, 5.74) is 3.35. The van der Waals surface area contributed by atoms with E-state index in [0.717, 1.165) is 54.5 Å². The van der Waals surface area contributed by atoms with Gasteiger partial charge in [0.25, 0.3) is 0 Å². The number of hydrogen-bond acceptors (Lipinski definition) is 7. The van der Waals surface area contributed by atoms with Crippen LogP contribution in [0.4, 0.5) is 0 Å². The van der Waals surface area contributed by atoms with Crippen molar-refractivity contribution in [1.82, 2.24) is 19.6 Å². The SMILES string of the molecule is CSc1ccc(CN2CCC(c3nnsc3-c3cc(C)no3)CC2)cc1. The third-order valence-electron chi connectivity index (χ3n) is 4.90. The summed E-state index contributed by atoms with van der Waals surface area (Å²) >= 11 is 3.19. The van der Waals surface area contributed by atoms with Gasteiger partial charge < -0.3 is 4.52 Å². The Morgan fingerprint density at radius 2 is 2.00 bits per heavy atom. The normalized spacial score (nSPS) is 16.2. The van der Waals surface area contributed by atoms with Gasteiger partial charge in [-0.2, -0.15) is 0 Å². The second-order valence-corrected chi connectivity index (χ2v) is 8.35. The number of hydrogen-bond donors (Lipinski definition) is 0. The minimum Gasteiger partial charge on any atom is -0.355 e. The lowest BCUT2D eigenvalue weighted by molar-refractivity contribution is 0.203. The molecule has 1 saturated heterocycles. The highest BCUT2D eigenvalue weighted by Crippen LogP contribution is 2.36. The molecule has 1 aromatic carbocycles. The van der Waals surface area contributed by atoms with Gasteiger partial charge in [-0.3, -0.25) is 4.90 Å². The molecule has 0 bridgehead atoms. The number of aryl methyl sites for hydroxylation is 1. The molecule has 136 valence electrons. The Morgan fingerprint density at radius 3 is 2.65 bits per heavy atom. The summed E-state index contributed by atoms with van der Waals surface area (Å²) in [6.45, 7) is 5.12. The second-order valence-electron chi connectivity index (χ2n) is 6.72. The maximum absolute atomic E-state index is 5.43. The summed E-state index contributed by atoms with van der Waals surface area (Å²) < 4.78 is 9.60. The molecule has 3 aromatic rings. The van der Waals surface area contributed by atoms with E-state index in [1.54, 1.807) is 11.8 Å². The van der Waals surface area contributed by atoms with Crippen molar-refractivity contribution in [2.24, 2.45) is 0 Å². The Kier molecular flexibility index (Phi) is 5.38. The van der Waals surface area contributed by atoms with Crippen LogP contribution in [0.15, 0.2) is 39.8 Å². The molecule has 2 aromatic heterocycles. The fourth-order valence-corrected chi connectivity index (χ4v) is 4.57. The third kappa shape index (κ3) is 3.84. The molecular formula is C19H22N4OS2. The van der Waals surface area contributed by atoms with Crippen LogP contribution in [-0.2, 0) is 6.54 Å². The first kappa shape index (κ1) is 17.7. The molecule has 0 atom stereocenters. The van der Waals surface area contributed by atoms with Gasteiger partial charge in [0, 0.05) is 23.4 Å². The quantitative estimate of drug-likeness (QED) is 0.597. The minimum absolute atomic E-state index is 0.448. The molecular weight excluding hydrogens is 364 g/mol. The number of rotatable bonds is 5. The lowest BCUT2D eigenvalue weighted by atomic mass is 9.92. The Morgan fingerprint density at radius 1 is 1.23 bits per heavy atom. The maximum atomic E-state index is 5.43. The van der Waals surface area contributed by atoms with Crippen molar-refractivity contribution in [2.45, 2.75) is 37.1 Å². The number of aromatic nitrogens is 3. The topological polar surface area (TPSA) is 55.1 Å². The Labute approximate surface area is 161 Å². The van der Waals surface area contributed by atoms with Crippen LogP contribution >= 0.6 is 23.3 Å². The molecule has 1 fully saturated rings. The third-order valence-corrected chi connectivity index (χ3v) is 6.40. The summed E-state index contributed by atoms with van der Waals surface area (Å²) in [7, 11) is 0. The van der Waals surface area contributed by atoms with E-state index in [9.17, 15) is 0 Å². The lowest BCUT2D eigenvalue weighted by Gasteiger charge is -2.31. The van der Waals surface area contributed by atoms with Crippen molar-refractivity contribution in [3.8, 4) is 10.6 Å². The summed E-state index contributed by atoms with van der Waals surface area (Å²) in [6, 6.07) is 10.9. The standard InChI is InChI=1S/C19H22N4OS2/c1-13-11-17(24-21-13)19-18(20-22-26-19)15-7-9-23(10-8-15)12-14-3-5-16(25-2)6-4-14/h3-6,11,15H,7-10,12H2,1-2H3. The molecule has 0 unspecified atom stereocenters. The predicted octanol–water partition coefficient (Wildman–Crippen LogP) is 4.60. The number of nitrogens with zero attached hydrogens (tertiary/aromatic N) is 4. The summed E-state index contributed by atoms with van der Waals surface area (Å²) in [6.07, 6.45) is 4.32. The average molecular weight is 387 g/mol. The first-order valence-electron chi connectivity index (χ1n) is 8.84. The number of benzene rings is 1. The van der Waals surface area contributed by atoms with Gasteiger partial charge in [0.15, 0.2) is 5.76 Å². The minimum atomic E-state index is 0.448. The van der Waals surface area contributed by atoms with E-state index in [4.69, 9.17) is 4.52 Å². The molecule has 0 amide bonds. The van der Waals surface area contributed by atoms with Gasteiger partial charge in [0.05, 0.1) is 11.4 Å². The van der Waals surface area contributed by atoms with Gasteiger partial charge in [-0.05, 0) is 68.3 Å². The zero-order valence-electron chi connectivity index (χ0n) is 15.0. The van der Waals surface area contributed by atoms with Crippen LogP contribution in [0.1, 0.15) is 35.7 Å². The van der Waals surface area contributed by atoms with Crippen LogP contribution in [0.5, 0.6) is 0 Å². The first-order valence-corrected chi connectivity index (χ1v) is 10.8. The molecule has 0 radical (unpaired) electrons. The van der Waals surface area contributed by atoms with E-state index in [1.807, 2.05) is 13.0 Å². The molecule has 26 heavy (non-hydrogen) atoms. The van der Waals surface area contributed by atoms with Crippen molar-refractivity contribution in [1.29, 1.82) is 0 Å². The first-order chi connectivity index (χ1) is 12.7. The summed E-state index contributed by atoms with van der Waals surface area (Å²) in [5.74, 6) is 1.24. The van der Waals surface area contributed by atoms with Gasteiger partial charge in [0.1, 0.15) is 4.88 Å². The average Bonchev–Trinajstić information content (AvgIpc) is 3.32. The van der Waals surface area contributed by atoms with Crippen molar-refractivity contribution in [2.75, 3.05) is 19.3 Å². The van der Waals surface area contributed by atoms with Crippen LogP contribution in [0.25, 0.3) is 10.6 Å². The van der Waals surface area contributed by atoms with Crippen LogP contribution in [0.2, 0.25) is 0 Å². The Bertz CT molecular complexity index is 851. The zero-order valence-corrected chi connectivity index (χ0v) is 16.6. The Balaban J connectivity index is 1.39. The maximum Gasteiger partial charge on any atom is 0.180 e. The van der Waals surface area contributed by atoms with Crippen molar-refractivity contribution >= 4 is 23.3 Å². The number of thioether (sulfide) groups is 1. The molecule has 7 heteroatoms. The highest BCUT2D eigenvalue weighted by atomic mass is 32.2. The molecule has 4 rings (SSSR count). The molecule has 0 N–H and O–H groups in total. The van der Waals surface area contributed by atoms with Crippen LogP contribution < -0.4 is 0 Å². The monoisotopic (exact) mass is 386 g/mol. The van der Waals surface area contributed by atoms with Crippen molar-refractivity contribution in [3.63, 3.8) is 0 Å². The van der Waals surface area contributed by atoms with E-state index in [0.29, 0.717) is 5.92 Å². The van der Waals surface area contributed by atoms with Crippen LogP contribution in [-0.4, -0.2) is 39.0 Å². The lowest BCUT2D eigenvalue weighted by Crippen LogP contribution is -2.32. The van der Waals surface area contributed by atoms with Gasteiger partial charge in [-0.1, -0.05) is 21.8 Å². The fraction of sp³-hybridized carbons (Fsp3) is 0.421. The predicted molar refractivity (Wildman–Crippen MR) is 106 cm³/mol. The van der Waals surface area contributed by atoms with Crippen LogP contribution in [0.3, 0.4) is 0 Å². The largest absolute Gasteiger partial charge is 0.355 e. The molecule has 1 aliphatic heterocycles. The van der Waals surface area contributed by atoms with Gasteiger partial charge >= 0.3 is 0 Å². The van der Waals surface area contributed by atoms with E-state index >= 15 is 0 Å². The van der Waals surface area contributed by atoms with E-state index in [2.05, 4.69) is 50.2 Å². The summed E-state index contributed by atoms with van der Waals surface area (Å²) in [5, 5.41) is 8.41. The number of likely N-dealkylation sites (tertiary alicyclic amines) is 1. The second kappa shape index (κ2) is 7.90. The van der Waals surface area contributed by atoms with E-state index in [1.165, 1.54) is 22.0 Å². The molecule has 5 nitrogen and oxygen atoms in total. The highest BCUT2D eigenvalue weighted by molar-refractivity contribution is 7.98. The van der Waals surface area contributed by atoms with E-state index in [-0.39, 0.29) is 0 Å². The molecule has 3 heterocycles. The van der Waals surface area contributed by atoms with Crippen molar-refractivity contribution in [3.05, 3.63) is 47.3 Å². The van der Waals surface area contributed by atoms with Crippen LogP contribution in [0, 0.1) is 6.92 Å². The Hall–Kier alpha value is -1.70. The molecule has 1 aliphatic rings. The van der Waals surface area contributed by atoms with Crippen molar-refractivity contribution < 1.29 is 4.52 Å². The van der Waals surface area contributed by atoms with Gasteiger partial charge in [0.2, 0.25) is 0 Å². The highest BCUT2D eigenvalue weighted by Gasteiger charge is 2.27. The fourth-order valence-electron chi connectivity index (χ4n) is 3.46. The molecule has 0 aliphatic carbocycles. The molecule has 0 spiro atoms. The zero-order chi connectivity index (χ0) is 17.9.